The molecule has 3 heterocycles. The van der Waals surface area contributed by atoms with E-state index in [1.54, 1.807) is 19.1 Å². The number of ether oxygens (including phenoxy) is 1. The molecule has 0 spiro atoms. The van der Waals surface area contributed by atoms with Crippen LogP contribution in [0.4, 0.5) is 9.18 Å². The minimum Gasteiger partial charge on any atom is -0.494 e. The molecule has 4 rings (SSSR count). The summed E-state index contributed by atoms with van der Waals surface area (Å²) in [7, 11) is 1.38. The van der Waals surface area contributed by atoms with Gasteiger partial charge >= 0.3 is 6.09 Å². The number of carbonyl (C=O) groups is 2. The standard InChI is InChI=1S/C27H34FN5O5/c1-15-30-19(12-21(31-15)25(34)29-14-16-6-7-18(28)23(10-16)37-5)20-13-22(38-32-20)17-8-9-33(26(35)36)24(11-17)27(2,3)4/h6-7,10,12,17,22,24H,8-9,11,13-14H2,1-5H3,(H,29,34)(H,35,36). The summed E-state index contributed by atoms with van der Waals surface area (Å²) in [6, 6.07) is 5.86. The minimum atomic E-state index is -0.895. The third-order valence-corrected chi connectivity index (χ3v) is 7.14. The Bertz CT molecular complexity index is 1240. The number of methoxy groups -OCH3 is 1. The number of oxime groups is 1. The van der Waals surface area contributed by atoms with E-state index in [1.165, 1.54) is 24.1 Å². The van der Waals surface area contributed by atoms with Gasteiger partial charge in [-0.05, 0) is 48.9 Å². The highest BCUT2D eigenvalue weighted by Crippen LogP contribution is 2.38. The van der Waals surface area contributed by atoms with Crippen molar-refractivity contribution in [2.75, 3.05) is 13.7 Å². The fourth-order valence-corrected chi connectivity index (χ4v) is 5.10. The molecular formula is C27H34FN5O5. The molecule has 1 saturated heterocycles. The largest absolute Gasteiger partial charge is 0.494 e. The predicted octanol–water partition coefficient (Wildman–Crippen LogP) is 4.16. The van der Waals surface area contributed by atoms with E-state index in [4.69, 9.17) is 9.57 Å². The number of hydrogen-bond donors (Lipinski definition) is 2. The van der Waals surface area contributed by atoms with Crippen LogP contribution in [0.5, 0.6) is 5.75 Å². The molecule has 2 amide bonds. The molecule has 2 N–H and O–H groups in total. The number of piperidine rings is 1. The average Bonchev–Trinajstić information content (AvgIpc) is 3.37. The minimum absolute atomic E-state index is 0.105. The van der Waals surface area contributed by atoms with E-state index < -0.39 is 17.8 Å². The Kier molecular flexibility index (Phi) is 7.84. The topological polar surface area (TPSA) is 126 Å². The van der Waals surface area contributed by atoms with E-state index >= 15 is 0 Å². The summed E-state index contributed by atoms with van der Waals surface area (Å²) in [6.07, 6.45) is 0.812. The molecule has 10 nitrogen and oxygen atoms in total. The normalized spacial score (nSPS) is 21.5. The van der Waals surface area contributed by atoms with Gasteiger partial charge in [0.25, 0.3) is 5.91 Å². The molecule has 2 aromatic rings. The summed E-state index contributed by atoms with van der Waals surface area (Å²) in [5, 5.41) is 16.7. The Labute approximate surface area is 221 Å². The first-order valence-electron chi connectivity index (χ1n) is 12.6. The maximum atomic E-state index is 13.7. The van der Waals surface area contributed by atoms with Crippen molar-refractivity contribution >= 4 is 17.7 Å². The van der Waals surface area contributed by atoms with E-state index in [0.717, 1.165) is 0 Å². The SMILES string of the molecule is COc1cc(CNC(=O)c2cc(C3=NOC(C4CCN(C(=O)O)C(C(C)(C)C)C4)C3)nc(C)n2)ccc1F. The number of amides is 2. The van der Waals surface area contributed by atoms with Crippen LogP contribution in [0.25, 0.3) is 0 Å². The highest BCUT2D eigenvalue weighted by Gasteiger charge is 2.43. The monoisotopic (exact) mass is 527 g/mol. The summed E-state index contributed by atoms with van der Waals surface area (Å²) in [5.74, 6) is -0.199. The fourth-order valence-electron chi connectivity index (χ4n) is 5.10. The Morgan fingerprint density at radius 2 is 2.03 bits per heavy atom. The first kappa shape index (κ1) is 27.3. The molecule has 0 aliphatic carbocycles. The first-order valence-corrected chi connectivity index (χ1v) is 12.6. The molecule has 11 heteroatoms. The molecule has 0 bridgehead atoms. The van der Waals surface area contributed by atoms with Crippen molar-refractivity contribution in [1.82, 2.24) is 20.2 Å². The zero-order valence-electron chi connectivity index (χ0n) is 22.3. The van der Waals surface area contributed by atoms with Gasteiger partial charge in [-0.2, -0.15) is 0 Å². The lowest BCUT2D eigenvalue weighted by Crippen LogP contribution is -2.53. The van der Waals surface area contributed by atoms with E-state index in [-0.39, 0.29) is 41.5 Å². The van der Waals surface area contributed by atoms with Crippen LogP contribution in [0.1, 0.15) is 67.6 Å². The number of halogens is 1. The van der Waals surface area contributed by atoms with Crippen molar-refractivity contribution in [3.8, 4) is 5.75 Å². The average molecular weight is 528 g/mol. The molecule has 1 aromatic carbocycles. The van der Waals surface area contributed by atoms with Crippen LogP contribution >= 0.6 is 0 Å². The maximum Gasteiger partial charge on any atom is 0.407 e. The molecular weight excluding hydrogens is 493 g/mol. The van der Waals surface area contributed by atoms with Gasteiger partial charge in [0.2, 0.25) is 0 Å². The van der Waals surface area contributed by atoms with Crippen LogP contribution in [0.2, 0.25) is 0 Å². The number of aryl methyl sites for hydroxylation is 1. The second-order valence-electron chi connectivity index (χ2n) is 10.9. The van der Waals surface area contributed by atoms with Crippen LogP contribution in [0, 0.1) is 24.1 Å². The summed E-state index contributed by atoms with van der Waals surface area (Å²) in [4.78, 5) is 40.7. The number of nitrogens with one attached hydrogen (secondary N) is 1. The highest BCUT2D eigenvalue weighted by molar-refractivity contribution is 6.01. The molecule has 204 valence electrons. The molecule has 3 unspecified atom stereocenters. The van der Waals surface area contributed by atoms with Gasteiger partial charge in [-0.25, -0.2) is 19.2 Å². The predicted molar refractivity (Wildman–Crippen MR) is 138 cm³/mol. The van der Waals surface area contributed by atoms with Crippen LogP contribution in [0.3, 0.4) is 0 Å². The van der Waals surface area contributed by atoms with E-state index in [0.29, 0.717) is 48.6 Å². The maximum absolute atomic E-state index is 13.7. The lowest BCUT2D eigenvalue weighted by Gasteiger charge is -2.45. The van der Waals surface area contributed by atoms with Crippen molar-refractivity contribution in [1.29, 1.82) is 0 Å². The van der Waals surface area contributed by atoms with Crippen LogP contribution in [0.15, 0.2) is 29.4 Å². The van der Waals surface area contributed by atoms with Crippen molar-refractivity contribution in [2.24, 2.45) is 16.5 Å². The van der Waals surface area contributed by atoms with E-state index in [2.05, 4.69) is 41.2 Å². The van der Waals surface area contributed by atoms with Gasteiger partial charge < -0.3 is 24.9 Å². The number of nitrogens with zero attached hydrogens (tertiary/aromatic N) is 4. The molecule has 1 fully saturated rings. The molecule has 2 aliphatic heterocycles. The van der Waals surface area contributed by atoms with Crippen molar-refractivity contribution in [2.45, 2.75) is 65.6 Å². The number of carboxylic acid groups (broad SMARTS) is 1. The summed E-state index contributed by atoms with van der Waals surface area (Å²) in [6.45, 7) is 8.48. The summed E-state index contributed by atoms with van der Waals surface area (Å²) >= 11 is 0. The number of hydrogen-bond acceptors (Lipinski definition) is 7. The zero-order valence-corrected chi connectivity index (χ0v) is 22.3. The Morgan fingerprint density at radius 3 is 2.71 bits per heavy atom. The van der Waals surface area contributed by atoms with Gasteiger partial charge in [-0.3, -0.25) is 4.79 Å². The lowest BCUT2D eigenvalue weighted by atomic mass is 9.75. The van der Waals surface area contributed by atoms with Crippen LogP contribution in [-0.4, -0.2) is 63.5 Å². The lowest BCUT2D eigenvalue weighted by molar-refractivity contribution is -0.0208. The Morgan fingerprint density at radius 1 is 1.26 bits per heavy atom. The zero-order chi connectivity index (χ0) is 27.6. The van der Waals surface area contributed by atoms with Gasteiger partial charge in [0.15, 0.2) is 11.6 Å². The first-order chi connectivity index (χ1) is 18.0. The van der Waals surface area contributed by atoms with Crippen molar-refractivity contribution < 1.29 is 28.7 Å². The molecule has 0 radical (unpaired) electrons. The van der Waals surface area contributed by atoms with Crippen LogP contribution in [-0.2, 0) is 11.4 Å². The molecule has 2 aliphatic rings. The van der Waals surface area contributed by atoms with Crippen LogP contribution < -0.4 is 10.1 Å². The van der Waals surface area contributed by atoms with Gasteiger partial charge in [-0.1, -0.05) is 32.0 Å². The number of benzene rings is 1. The molecule has 0 saturated carbocycles. The summed E-state index contributed by atoms with van der Waals surface area (Å²) in [5.41, 5.74) is 1.82. The van der Waals surface area contributed by atoms with E-state index in [9.17, 15) is 19.1 Å². The van der Waals surface area contributed by atoms with E-state index in [1.807, 2.05) is 0 Å². The highest BCUT2D eigenvalue weighted by atomic mass is 19.1. The summed E-state index contributed by atoms with van der Waals surface area (Å²) < 4.78 is 18.7. The number of likely N-dealkylation sites (tertiary alicyclic amines) is 1. The van der Waals surface area contributed by atoms with Gasteiger partial charge in [0.1, 0.15) is 23.3 Å². The van der Waals surface area contributed by atoms with Gasteiger partial charge in [-0.15, -0.1) is 0 Å². The quantitative estimate of drug-likeness (QED) is 0.578. The van der Waals surface area contributed by atoms with Gasteiger partial charge in [0.05, 0.1) is 12.8 Å². The second kappa shape index (κ2) is 10.9. The number of rotatable bonds is 6. The Hall–Kier alpha value is -3.76. The molecule has 38 heavy (non-hydrogen) atoms. The number of carbonyl (C=O) groups excluding carboxylic acids is 1. The van der Waals surface area contributed by atoms with Crippen molar-refractivity contribution in [3.05, 3.63) is 52.9 Å². The van der Waals surface area contributed by atoms with Crippen molar-refractivity contribution in [3.63, 3.8) is 0 Å². The molecule has 3 atom stereocenters. The third-order valence-electron chi connectivity index (χ3n) is 7.14. The fraction of sp³-hybridized carbons (Fsp3) is 0.519. The second-order valence-corrected chi connectivity index (χ2v) is 10.9. The smallest absolute Gasteiger partial charge is 0.407 e. The number of aromatic nitrogens is 2. The Balaban J connectivity index is 1.42. The third kappa shape index (κ3) is 6.03. The van der Waals surface area contributed by atoms with Gasteiger partial charge in [0, 0.05) is 31.5 Å². The molecule has 1 aromatic heterocycles.